The minimum absolute atomic E-state index is 0.0394. The fraction of sp³-hybridized carbons (Fsp3) is 0.111. The summed E-state index contributed by atoms with van der Waals surface area (Å²) in [6.07, 6.45) is 0. The second-order valence-corrected chi connectivity index (χ2v) is 5.73. The molecule has 0 aliphatic heterocycles. The van der Waals surface area contributed by atoms with Crippen molar-refractivity contribution in [3.8, 4) is 5.75 Å². The molecule has 0 amide bonds. The van der Waals surface area contributed by atoms with Gasteiger partial charge in [-0.2, -0.15) is 14.9 Å². The number of aromatic nitrogens is 2. The molecule has 0 aliphatic rings. The van der Waals surface area contributed by atoms with Gasteiger partial charge in [-0.1, -0.05) is 12.1 Å². The van der Waals surface area contributed by atoms with Crippen molar-refractivity contribution in [1.29, 1.82) is 0 Å². The number of benzene rings is 2. The van der Waals surface area contributed by atoms with Crippen molar-refractivity contribution < 1.29 is 14.8 Å². The second-order valence-electron chi connectivity index (χ2n) is 5.73. The Morgan fingerprint density at radius 3 is 2.41 bits per heavy atom. The zero-order valence-corrected chi connectivity index (χ0v) is 14.5. The number of rotatable bonds is 4. The van der Waals surface area contributed by atoms with Crippen LogP contribution < -0.4 is 0 Å². The largest absolute Gasteiger partial charge is 0.507 e. The molecule has 9 heteroatoms. The van der Waals surface area contributed by atoms with Crippen molar-refractivity contribution in [2.45, 2.75) is 13.8 Å². The third-order valence-electron chi connectivity index (χ3n) is 3.91. The molecule has 136 valence electrons. The van der Waals surface area contributed by atoms with Gasteiger partial charge in [0, 0.05) is 12.1 Å². The van der Waals surface area contributed by atoms with Gasteiger partial charge in [-0.15, -0.1) is 5.11 Å². The standard InChI is InChI=1S/C18H15N5O4/c1-11-17(20-19-13-7-9-14(10-8-13)23(26)27)12(2)22(21-11)18(25)15-5-3-4-6-16(15)24/h3-10,24H,1-2H3. The Labute approximate surface area is 153 Å². The van der Waals surface area contributed by atoms with Crippen LogP contribution in [0.2, 0.25) is 0 Å². The summed E-state index contributed by atoms with van der Waals surface area (Å²) in [7, 11) is 0. The number of nitro groups is 1. The number of para-hydroxylation sites is 1. The number of hydrogen-bond acceptors (Lipinski definition) is 7. The van der Waals surface area contributed by atoms with E-state index in [2.05, 4.69) is 15.3 Å². The summed E-state index contributed by atoms with van der Waals surface area (Å²) in [5.41, 5.74) is 1.88. The van der Waals surface area contributed by atoms with Crippen molar-refractivity contribution >= 4 is 23.0 Å². The molecule has 0 atom stereocenters. The number of phenols is 1. The Morgan fingerprint density at radius 2 is 1.78 bits per heavy atom. The van der Waals surface area contributed by atoms with Crippen LogP contribution in [-0.4, -0.2) is 25.7 Å². The molecule has 3 aromatic rings. The smallest absolute Gasteiger partial charge is 0.282 e. The van der Waals surface area contributed by atoms with Crippen molar-refractivity contribution in [1.82, 2.24) is 9.78 Å². The quantitative estimate of drug-likeness (QED) is 0.421. The number of azo groups is 1. The molecular formula is C18H15N5O4. The van der Waals surface area contributed by atoms with Gasteiger partial charge in [-0.05, 0) is 38.1 Å². The molecule has 1 heterocycles. The van der Waals surface area contributed by atoms with Crippen molar-refractivity contribution in [2.75, 3.05) is 0 Å². The van der Waals surface area contributed by atoms with Gasteiger partial charge in [0.05, 0.1) is 27.6 Å². The van der Waals surface area contributed by atoms with E-state index in [4.69, 9.17) is 0 Å². The molecule has 1 aromatic heterocycles. The molecule has 0 saturated carbocycles. The van der Waals surface area contributed by atoms with E-state index in [-0.39, 0.29) is 17.0 Å². The number of carbonyl (C=O) groups excluding carboxylic acids is 1. The Kier molecular flexibility index (Phi) is 4.75. The van der Waals surface area contributed by atoms with Crippen LogP contribution in [0.1, 0.15) is 21.7 Å². The first kappa shape index (κ1) is 17.9. The molecule has 9 nitrogen and oxygen atoms in total. The number of hydrogen-bond donors (Lipinski definition) is 1. The number of phenolic OH excluding ortho intramolecular Hbond substituents is 1. The minimum atomic E-state index is -0.496. The fourth-order valence-corrected chi connectivity index (χ4v) is 2.49. The highest BCUT2D eigenvalue weighted by Gasteiger charge is 2.20. The normalized spacial score (nSPS) is 11.0. The Balaban J connectivity index is 1.91. The first-order valence-electron chi connectivity index (χ1n) is 7.93. The number of aromatic hydroxyl groups is 1. The van der Waals surface area contributed by atoms with Crippen molar-refractivity contribution in [2.24, 2.45) is 10.2 Å². The van der Waals surface area contributed by atoms with E-state index in [0.717, 1.165) is 4.68 Å². The van der Waals surface area contributed by atoms with Crippen LogP contribution >= 0.6 is 0 Å². The summed E-state index contributed by atoms with van der Waals surface area (Å²) in [4.78, 5) is 22.8. The van der Waals surface area contributed by atoms with Crippen LogP contribution in [-0.2, 0) is 0 Å². The van der Waals surface area contributed by atoms with Gasteiger partial charge in [-0.25, -0.2) is 0 Å². The van der Waals surface area contributed by atoms with E-state index in [0.29, 0.717) is 22.8 Å². The predicted molar refractivity (Wildman–Crippen MR) is 96.8 cm³/mol. The van der Waals surface area contributed by atoms with Gasteiger partial charge in [0.2, 0.25) is 0 Å². The molecule has 0 spiro atoms. The van der Waals surface area contributed by atoms with Gasteiger partial charge in [0.15, 0.2) is 0 Å². The average Bonchev–Trinajstić information content (AvgIpc) is 2.94. The zero-order valence-electron chi connectivity index (χ0n) is 14.5. The molecule has 0 aliphatic carbocycles. The summed E-state index contributed by atoms with van der Waals surface area (Å²) < 4.78 is 1.16. The third-order valence-corrected chi connectivity index (χ3v) is 3.91. The highest BCUT2D eigenvalue weighted by Crippen LogP contribution is 2.28. The van der Waals surface area contributed by atoms with Crippen molar-refractivity contribution in [3.63, 3.8) is 0 Å². The highest BCUT2D eigenvalue weighted by molar-refractivity contribution is 5.98. The fourth-order valence-electron chi connectivity index (χ4n) is 2.49. The lowest BCUT2D eigenvalue weighted by atomic mass is 10.2. The van der Waals surface area contributed by atoms with Crippen LogP contribution in [0.4, 0.5) is 17.1 Å². The van der Waals surface area contributed by atoms with E-state index < -0.39 is 10.8 Å². The lowest BCUT2D eigenvalue weighted by molar-refractivity contribution is -0.384. The van der Waals surface area contributed by atoms with E-state index in [9.17, 15) is 20.0 Å². The van der Waals surface area contributed by atoms with E-state index in [1.165, 1.54) is 36.4 Å². The van der Waals surface area contributed by atoms with Crippen molar-refractivity contribution in [3.05, 3.63) is 75.6 Å². The lowest BCUT2D eigenvalue weighted by Gasteiger charge is -2.04. The summed E-state index contributed by atoms with van der Waals surface area (Å²) >= 11 is 0. The molecule has 0 bridgehead atoms. The Bertz CT molecular complexity index is 1050. The Morgan fingerprint density at radius 1 is 1.11 bits per heavy atom. The topological polar surface area (TPSA) is 123 Å². The first-order chi connectivity index (χ1) is 12.9. The zero-order chi connectivity index (χ0) is 19.6. The van der Waals surface area contributed by atoms with E-state index >= 15 is 0 Å². The molecular weight excluding hydrogens is 350 g/mol. The van der Waals surface area contributed by atoms with Gasteiger partial charge in [0.1, 0.15) is 11.4 Å². The molecule has 2 aromatic carbocycles. The number of carbonyl (C=O) groups is 1. The van der Waals surface area contributed by atoms with E-state index in [1.54, 1.807) is 26.0 Å². The second kappa shape index (κ2) is 7.16. The maximum Gasteiger partial charge on any atom is 0.282 e. The molecule has 0 saturated heterocycles. The lowest BCUT2D eigenvalue weighted by Crippen LogP contribution is -2.15. The van der Waals surface area contributed by atoms with Gasteiger partial charge >= 0.3 is 0 Å². The van der Waals surface area contributed by atoms with Crippen LogP contribution in [0.3, 0.4) is 0 Å². The molecule has 1 N–H and O–H groups in total. The summed E-state index contributed by atoms with van der Waals surface area (Å²) in [5.74, 6) is -0.616. The molecule has 0 unspecified atom stereocenters. The predicted octanol–water partition coefficient (Wildman–Crippen LogP) is 4.22. The van der Waals surface area contributed by atoms with Crippen LogP contribution in [0.5, 0.6) is 5.75 Å². The maximum atomic E-state index is 12.6. The van der Waals surface area contributed by atoms with E-state index in [1.807, 2.05) is 0 Å². The van der Waals surface area contributed by atoms with Gasteiger partial charge in [-0.3, -0.25) is 14.9 Å². The summed E-state index contributed by atoms with van der Waals surface area (Å²) in [6, 6.07) is 11.8. The highest BCUT2D eigenvalue weighted by atomic mass is 16.6. The molecule has 0 radical (unpaired) electrons. The maximum absolute atomic E-state index is 12.6. The number of aryl methyl sites for hydroxylation is 1. The number of nitro benzene ring substituents is 1. The molecule has 0 fully saturated rings. The first-order valence-corrected chi connectivity index (χ1v) is 7.93. The third kappa shape index (κ3) is 3.56. The number of nitrogens with zero attached hydrogens (tertiary/aromatic N) is 5. The summed E-state index contributed by atoms with van der Waals surface area (Å²) in [6.45, 7) is 3.36. The summed E-state index contributed by atoms with van der Waals surface area (Å²) in [5, 5.41) is 32.9. The Hall–Kier alpha value is -3.88. The number of non-ortho nitro benzene ring substituents is 1. The molecule has 27 heavy (non-hydrogen) atoms. The average molecular weight is 365 g/mol. The van der Waals surface area contributed by atoms with Crippen LogP contribution in [0.15, 0.2) is 58.8 Å². The van der Waals surface area contributed by atoms with Gasteiger partial charge in [0.25, 0.3) is 11.6 Å². The monoisotopic (exact) mass is 365 g/mol. The minimum Gasteiger partial charge on any atom is -0.507 e. The SMILES string of the molecule is Cc1nn(C(=O)c2ccccc2O)c(C)c1N=Nc1ccc([N+](=O)[O-])cc1. The van der Waals surface area contributed by atoms with Gasteiger partial charge < -0.3 is 5.11 Å². The van der Waals surface area contributed by atoms with Crippen LogP contribution in [0, 0.1) is 24.0 Å². The molecule has 3 rings (SSSR count). The van der Waals surface area contributed by atoms with Crippen LogP contribution in [0.25, 0.3) is 0 Å².